The van der Waals surface area contributed by atoms with Gasteiger partial charge in [-0.3, -0.25) is 4.79 Å². The van der Waals surface area contributed by atoms with Crippen LogP contribution in [0.5, 0.6) is 11.5 Å². The molecular weight excluding hydrogens is 532 g/mol. The number of aliphatic hydroxyl groups excluding tert-OH is 6. The number of fused-ring (bicyclic) bond motifs is 1. The summed E-state index contributed by atoms with van der Waals surface area (Å²) in [5.41, 5.74) is -0.380. The molecule has 3 heterocycles. The molecule has 13 nitrogen and oxygen atoms in total. The van der Waals surface area contributed by atoms with Gasteiger partial charge >= 0.3 is 0 Å². The molecule has 0 spiro atoms. The highest BCUT2D eigenvalue weighted by atomic mass is 16.7. The van der Waals surface area contributed by atoms with Crippen LogP contribution in [0.2, 0.25) is 0 Å². The zero-order chi connectivity index (χ0) is 28.9. The van der Waals surface area contributed by atoms with Gasteiger partial charge in [0.25, 0.3) is 0 Å². The number of rotatable bonds is 5. The van der Waals surface area contributed by atoms with Gasteiger partial charge in [-0.15, -0.1) is 0 Å². The number of aliphatic hydroxyl groups is 6. The summed E-state index contributed by atoms with van der Waals surface area (Å²) in [5.74, 6) is -0.373. The molecule has 2 fully saturated rings. The second kappa shape index (κ2) is 11.0. The molecule has 216 valence electrons. The van der Waals surface area contributed by atoms with Crippen molar-refractivity contribution >= 4 is 11.0 Å². The van der Waals surface area contributed by atoms with Gasteiger partial charge < -0.3 is 59.5 Å². The van der Waals surface area contributed by atoms with Gasteiger partial charge in [0.05, 0.1) is 23.7 Å². The fraction of sp³-hybridized carbons (Fsp3) is 0.444. The van der Waals surface area contributed by atoms with E-state index >= 15 is 0 Å². The average Bonchev–Trinajstić information content (AvgIpc) is 2.93. The molecule has 0 saturated carbocycles. The van der Waals surface area contributed by atoms with E-state index < -0.39 is 79.0 Å². The molecule has 2 aromatic carbocycles. The lowest BCUT2D eigenvalue weighted by atomic mass is 9.89. The summed E-state index contributed by atoms with van der Waals surface area (Å²) < 4.78 is 23.2. The standard InChI is InChI=1S/C27H30O13/c1-10-19(32)21(34)23(36)27(37-10)40-26-22(35)20(33)17(9-28)39-25(26)18-14(30)7-6-13-15(31)8-16(38-24(13)18)11-2-4-12(29)5-3-11/h2-8,10,17,19-23,25-30,32-36H,9H2,1H3/t10?,17?,19-,20+,21-,22-,23?,25-,26?,27-/m0/s1. The minimum absolute atomic E-state index is 0.0116. The molecule has 2 saturated heterocycles. The molecule has 8 N–H and O–H groups in total. The number of hydrogen-bond acceptors (Lipinski definition) is 13. The Bertz CT molecular complexity index is 1410. The molecule has 10 atom stereocenters. The van der Waals surface area contributed by atoms with Gasteiger partial charge in [-0.25, -0.2) is 0 Å². The minimum Gasteiger partial charge on any atom is -0.508 e. The van der Waals surface area contributed by atoms with Crippen molar-refractivity contribution in [1.29, 1.82) is 0 Å². The van der Waals surface area contributed by atoms with Crippen molar-refractivity contribution in [2.45, 2.75) is 68.1 Å². The summed E-state index contributed by atoms with van der Waals surface area (Å²) in [6.07, 6.45) is -15.4. The van der Waals surface area contributed by atoms with Gasteiger partial charge in [0.1, 0.15) is 71.7 Å². The molecule has 40 heavy (non-hydrogen) atoms. The first kappa shape index (κ1) is 28.4. The molecule has 0 aliphatic carbocycles. The maximum atomic E-state index is 13.1. The van der Waals surface area contributed by atoms with Gasteiger partial charge in [0.2, 0.25) is 0 Å². The highest BCUT2D eigenvalue weighted by Gasteiger charge is 2.51. The third kappa shape index (κ3) is 4.96. The largest absolute Gasteiger partial charge is 0.508 e. The molecule has 0 amide bonds. The van der Waals surface area contributed by atoms with Crippen molar-refractivity contribution in [3.8, 4) is 22.8 Å². The minimum atomic E-state index is -1.78. The van der Waals surface area contributed by atoms with E-state index in [2.05, 4.69) is 0 Å². The Morgan fingerprint density at radius 1 is 0.850 bits per heavy atom. The van der Waals surface area contributed by atoms with E-state index in [-0.39, 0.29) is 28.0 Å². The molecule has 13 heteroatoms. The Morgan fingerprint density at radius 2 is 1.55 bits per heavy atom. The molecule has 0 bridgehead atoms. The topological polar surface area (TPSA) is 220 Å². The molecule has 1 aromatic heterocycles. The normalized spacial score (nSPS) is 34.7. The average molecular weight is 563 g/mol. The summed E-state index contributed by atoms with van der Waals surface area (Å²) in [5, 5.41) is 82.8. The molecule has 0 radical (unpaired) electrons. The van der Waals surface area contributed by atoms with Gasteiger partial charge in [-0.1, -0.05) is 0 Å². The van der Waals surface area contributed by atoms with Crippen molar-refractivity contribution in [3.63, 3.8) is 0 Å². The van der Waals surface area contributed by atoms with Crippen LogP contribution >= 0.6 is 0 Å². The van der Waals surface area contributed by atoms with E-state index in [0.717, 1.165) is 0 Å². The summed E-state index contributed by atoms with van der Waals surface area (Å²) in [7, 11) is 0. The van der Waals surface area contributed by atoms with E-state index in [1.165, 1.54) is 49.4 Å². The summed E-state index contributed by atoms with van der Waals surface area (Å²) in [4.78, 5) is 13.1. The third-order valence-corrected chi connectivity index (χ3v) is 7.32. The Hall–Kier alpha value is -3.11. The maximum Gasteiger partial charge on any atom is 0.193 e. The second-order valence-electron chi connectivity index (χ2n) is 9.94. The summed E-state index contributed by atoms with van der Waals surface area (Å²) in [6, 6.07) is 9.55. The Morgan fingerprint density at radius 3 is 2.23 bits per heavy atom. The van der Waals surface area contributed by atoms with Crippen molar-refractivity contribution in [2.24, 2.45) is 0 Å². The SMILES string of the molecule is CC1O[C@@H](OC2[C@@H](O)[C@H](O)C(CO)O[C@H]2c2c(O)ccc3c(=O)cc(-c4ccc(O)cc4)oc23)C(O)[C@@H](O)[C@H]1O. The van der Waals surface area contributed by atoms with E-state index in [0.29, 0.717) is 5.56 Å². The van der Waals surface area contributed by atoms with Crippen molar-refractivity contribution in [2.75, 3.05) is 6.61 Å². The summed E-state index contributed by atoms with van der Waals surface area (Å²) in [6.45, 7) is 0.689. The predicted molar refractivity (Wildman–Crippen MR) is 135 cm³/mol. The number of phenols is 2. The van der Waals surface area contributed by atoms with Gasteiger partial charge in [-0.05, 0) is 43.3 Å². The van der Waals surface area contributed by atoms with Crippen molar-refractivity contribution < 1.29 is 59.5 Å². The zero-order valence-electron chi connectivity index (χ0n) is 21.1. The highest BCUT2D eigenvalue weighted by Crippen LogP contribution is 2.43. The predicted octanol–water partition coefficient (Wildman–Crippen LogP) is -0.762. The van der Waals surface area contributed by atoms with Crippen LogP contribution in [0.25, 0.3) is 22.3 Å². The number of hydrogen-bond donors (Lipinski definition) is 8. The van der Waals surface area contributed by atoms with Crippen LogP contribution in [0, 0.1) is 0 Å². The number of ether oxygens (including phenoxy) is 3. The first-order chi connectivity index (χ1) is 19.0. The van der Waals surface area contributed by atoms with E-state index in [1.807, 2.05) is 0 Å². The van der Waals surface area contributed by atoms with Crippen molar-refractivity contribution in [1.82, 2.24) is 0 Å². The van der Waals surface area contributed by atoms with Crippen LogP contribution in [0.3, 0.4) is 0 Å². The van der Waals surface area contributed by atoms with Crippen LogP contribution in [0.1, 0.15) is 18.6 Å². The number of aromatic hydroxyl groups is 2. The fourth-order valence-corrected chi connectivity index (χ4v) is 5.03. The third-order valence-electron chi connectivity index (χ3n) is 7.32. The number of benzene rings is 2. The van der Waals surface area contributed by atoms with E-state index in [1.54, 1.807) is 0 Å². The van der Waals surface area contributed by atoms with Crippen LogP contribution in [-0.4, -0.2) is 103 Å². The molecule has 4 unspecified atom stereocenters. The van der Waals surface area contributed by atoms with Crippen LogP contribution in [0.15, 0.2) is 51.7 Å². The quantitative estimate of drug-likeness (QED) is 0.192. The van der Waals surface area contributed by atoms with Crippen LogP contribution in [0.4, 0.5) is 0 Å². The first-order valence-electron chi connectivity index (χ1n) is 12.6. The highest BCUT2D eigenvalue weighted by molar-refractivity contribution is 5.84. The van der Waals surface area contributed by atoms with Crippen LogP contribution in [-0.2, 0) is 14.2 Å². The monoisotopic (exact) mass is 562 g/mol. The van der Waals surface area contributed by atoms with Crippen LogP contribution < -0.4 is 5.43 Å². The summed E-state index contributed by atoms with van der Waals surface area (Å²) >= 11 is 0. The Labute approximate surface area is 226 Å². The first-order valence-corrected chi connectivity index (χ1v) is 12.6. The van der Waals surface area contributed by atoms with Gasteiger partial charge in [-0.2, -0.15) is 0 Å². The fourth-order valence-electron chi connectivity index (χ4n) is 5.03. The second-order valence-corrected chi connectivity index (χ2v) is 9.94. The van der Waals surface area contributed by atoms with Gasteiger partial charge in [0, 0.05) is 11.6 Å². The van der Waals surface area contributed by atoms with E-state index in [9.17, 15) is 45.6 Å². The van der Waals surface area contributed by atoms with Crippen molar-refractivity contribution in [3.05, 3.63) is 58.3 Å². The smallest absolute Gasteiger partial charge is 0.193 e. The molecular formula is C27H30O13. The maximum absolute atomic E-state index is 13.1. The number of phenolic OH excluding ortho intramolecular Hbond substituents is 2. The Balaban J connectivity index is 1.63. The lowest BCUT2D eigenvalue weighted by Gasteiger charge is -2.46. The lowest BCUT2D eigenvalue weighted by Crippen LogP contribution is -2.61. The zero-order valence-corrected chi connectivity index (χ0v) is 21.1. The lowest BCUT2D eigenvalue weighted by molar-refractivity contribution is -0.338. The molecule has 5 rings (SSSR count). The Kier molecular flexibility index (Phi) is 7.85. The molecule has 2 aliphatic rings. The molecule has 2 aliphatic heterocycles. The molecule has 3 aromatic rings. The van der Waals surface area contributed by atoms with Gasteiger partial charge in [0.15, 0.2) is 11.7 Å². The van der Waals surface area contributed by atoms with E-state index in [4.69, 9.17) is 18.6 Å².